The molecule has 1 fully saturated rings. The first kappa shape index (κ1) is 20.1. The van der Waals surface area contributed by atoms with E-state index in [0.717, 1.165) is 50.4 Å². The van der Waals surface area contributed by atoms with Gasteiger partial charge in [-0.2, -0.15) is 0 Å². The quantitative estimate of drug-likeness (QED) is 0.774. The highest BCUT2D eigenvalue weighted by atomic mass is 16.2. The summed E-state index contributed by atoms with van der Waals surface area (Å²) in [5.74, 6) is 0.990. The largest absolute Gasteiger partial charge is 0.354 e. The second-order valence-electron chi connectivity index (χ2n) is 7.56. The van der Waals surface area contributed by atoms with Gasteiger partial charge in [0.05, 0.1) is 0 Å². The van der Waals surface area contributed by atoms with Crippen molar-refractivity contribution in [3.63, 3.8) is 0 Å². The Kier molecular flexibility index (Phi) is 7.25. The van der Waals surface area contributed by atoms with Crippen LogP contribution in [0.1, 0.15) is 24.5 Å². The Morgan fingerprint density at radius 3 is 2.61 bits per heavy atom. The number of rotatable bonds is 7. The van der Waals surface area contributed by atoms with Crippen molar-refractivity contribution < 1.29 is 4.79 Å². The van der Waals surface area contributed by atoms with Crippen LogP contribution >= 0.6 is 0 Å². The smallest absolute Gasteiger partial charge is 0.315 e. The molecule has 0 aliphatic carbocycles. The lowest BCUT2D eigenvalue weighted by molar-refractivity contribution is 0.237. The fraction of sp³-hybridized carbons (Fsp3) is 0.455. The highest BCUT2D eigenvalue weighted by Crippen LogP contribution is 2.14. The predicted molar refractivity (Wildman–Crippen MR) is 114 cm³/mol. The highest BCUT2D eigenvalue weighted by molar-refractivity contribution is 5.74. The Bertz CT molecular complexity index is 744. The monoisotopic (exact) mass is 381 g/mol. The van der Waals surface area contributed by atoms with Crippen molar-refractivity contribution in [2.75, 3.05) is 38.1 Å². The number of piperazine rings is 1. The third kappa shape index (κ3) is 6.23. The van der Waals surface area contributed by atoms with Crippen LogP contribution in [0.25, 0.3) is 0 Å². The van der Waals surface area contributed by atoms with E-state index in [-0.39, 0.29) is 12.1 Å². The first-order valence-corrected chi connectivity index (χ1v) is 10.1. The molecule has 150 valence electrons. The minimum absolute atomic E-state index is 0.124. The number of aryl methyl sites for hydroxylation is 1. The van der Waals surface area contributed by atoms with Gasteiger partial charge in [0.2, 0.25) is 0 Å². The standard InChI is InChI=1S/C22H31N5O/c1-18(8-9-19-6-4-3-5-7-19)25-22(28)24-17-20-10-11-23-21(16-20)27-14-12-26(2)13-15-27/h3-7,10-11,16,18H,8-9,12-15,17H2,1-2H3,(H2,24,25,28). The molecular formula is C22H31N5O. The van der Waals surface area contributed by atoms with E-state index < -0.39 is 0 Å². The van der Waals surface area contributed by atoms with Crippen molar-refractivity contribution in [1.82, 2.24) is 20.5 Å². The van der Waals surface area contributed by atoms with E-state index in [4.69, 9.17) is 0 Å². The molecule has 1 atom stereocenters. The number of benzene rings is 1. The molecule has 1 aromatic carbocycles. The number of likely N-dealkylation sites (N-methyl/N-ethyl adjacent to an activating group) is 1. The second kappa shape index (κ2) is 10.1. The van der Waals surface area contributed by atoms with Crippen molar-refractivity contribution >= 4 is 11.8 Å². The van der Waals surface area contributed by atoms with Crippen LogP contribution in [-0.2, 0) is 13.0 Å². The Hall–Kier alpha value is -2.60. The van der Waals surface area contributed by atoms with Gasteiger partial charge in [-0.15, -0.1) is 0 Å². The third-order valence-corrected chi connectivity index (χ3v) is 5.18. The number of pyridine rings is 1. The summed E-state index contributed by atoms with van der Waals surface area (Å²) in [4.78, 5) is 21.3. The molecule has 2 aromatic rings. The molecule has 0 saturated carbocycles. The molecule has 0 radical (unpaired) electrons. The summed E-state index contributed by atoms with van der Waals surface area (Å²) in [5, 5.41) is 5.98. The van der Waals surface area contributed by atoms with Crippen LogP contribution in [0.4, 0.5) is 10.6 Å². The molecular weight excluding hydrogens is 350 g/mol. The molecule has 2 N–H and O–H groups in total. The number of carbonyl (C=O) groups is 1. The molecule has 28 heavy (non-hydrogen) atoms. The lowest BCUT2D eigenvalue weighted by Gasteiger charge is -2.33. The number of hydrogen-bond acceptors (Lipinski definition) is 4. The molecule has 1 unspecified atom stereocenters. The van der Waals surface area contributed by atoms with Crippen molar-refractivity contribution in [3.8, 4) is 0 Å². The fourth-order valence-electron chi connectivity index (χ4n) is 3.34. The van der Waals surface area contributed by atoms with Gasteiger partial charge in [-0.3, -0.25) is 0 Å². The highest BCUT2D eigenvalue weighted by Gasteiger charge is 2.15. The Balaban J connectivity index is 1.42. The summed E-state index contributed by atoms with van der Waals surface area (Å²) in [6.45, 7) is 6.61. The Labute approximate surface area is 167 Å². The number of amides is 2. The van der Waals surface area contributed by atoms with E-state index in [1.165, 1.54) is 5.56 Å². The third-order valence-electron chi connectivity index (χ3n) is 5.18. The van der Waals surface area contributed by atoms with Gasteiger partial charge in [-0.1, -0.05) is 30.3 Å². The molecule has 1 saturated heterocycles. The van der Waals surface area contributed by atoms with Gasteiger partial charge >= 0.3 is 6.03 Å². The number of carbonyl (C=O) groups excluding carboxylic acids is 1. The van der Waals surface area contributed by atoms with Gasteiger partial charge in [-0.05, 0) is 50.1 Å². The maximum atomic E-state index is 12.2. The van der Waals surface area contributed by atoms with Crippen molar-refractivity contribution in [1.29, 1.82) is 0 Å². The summed E-state index contributed by atoms with van der Waals surface area (Å²) in [6, 6.07) is 14.4. The zero-order valence-electron chi connectivity index (χ0n) is 16.9. The first-order chi connectivity index (χ1) is 13.6. The van der Waals surface area contributed by atoms with E-state index in [0.29, 0.717) is 6.54 Å². The summed E-state index contributed by atoms with van der Waals surface area (Å²) >= 11 is 0. The molecule has 2 amide bonds. The molecule has 1 aliphatic heterocycles. The van der Waals surface area contributed by atoms with Crippen LogP contribution in [0, 0.1) is 0 Å². The first-order valence-electron chi connectivity index (χ1n) is 10.1. The fourth-order valence-corrected chi connectivity index (χ4v) is 3.34. The molecule has 6 heteroatoms. The topological polar surface area (TPSA) is 60.5 Å². The summed E-state index contributed by atoms with van der Waals surface area (Å²) in [5.41, 5.74) is 2.36. The minimum atomic E-state index is -0.126. The van der Waals surface area contributed by atoms with Gasteiger partial charge in [0.1, 0.15) is 5.82 Å². The molecule has 3 rings (SSSR count). The number of nitrogens with one attached hydrogen (secondary N) is 2. The normalized spacial score (nSPS) is 15.9. The zero-order chi connectivity index (χ0) is 19.8. The molecule has 0 bridgehead atoms. The minimum Gasteiger partial charge on any atom is -0.354 e. The SMILES string of the molecule is CC(CCc1ccccc1)NC(=O)NCc1ccnc(N2CCN(C)CC2)c1. The molecule has 1 aromatic heterocycles. The van der Waals surface area contributed by atoms with Crippen molar-refractivity contribution in [2.45, 2.75) is 32.4 Å². The predicted octanol–water partition coefficient (Wildman–Crippen LogP) is 2.65. The summed E-state index contributed by atoms with van der Waals surface area (Å²) < 4.78 is 0. The lowest BCUT2D eigenvalue weighted by Crippen LogP contribution is -2.44. The van der Waals surface area contributed by atoms with Crippen LogP contribution in [0.15, 0.2) is 48.7 Å². The summed E-state index contributed by atoms with van der Waals surface area (Å²) in [7, 11) is 2.14. The number of aromatic nitrogens is 1. The number of hydrogen-bond donors (Lipinski definition) is 2. The average molecular weight is 382 g/mol. The number of nitrogens with zero attached hydrogens (tertiary/aromatic N) is 3. The Morgan fingerprint density at radius 2 is 1.86 bits per heavy atom. The van der Waals surface area contributed by atoms with Gasteiger partial charge in [0.15, 0.2) is 0 Å². The summed E-state index contributed by atoms with van der Waals surface area (Å²) in [6.07, 6.45) is 3.70. The number of anilines is 1. The van der Waals surface area contributed by atoms with Gasteiger partial charge in [-0.25, -0.2) is 9.78 Å². The van der Waals surface area contributed by atoms with Crippen molar-refractivity contribution in [2.24, 2.45) is 0 Å². The van der Waals surface area contributed by atoms with Gasteiger partial charge in [0, 0.05) is 45.0 Å². The average Bonchev–Trinajstić information content (AvgIpc) is 2.72. The van der Waals surface area contributed by atoms with Crippen LogP contribution in [0.3, 0.4) is 0 Å². The van der Waals surface area contributed by atoms with E-state index in [1.54, 1.807) is 0 Å². The van der Waals surface area contributed by atoms with Crippen molar-refractivity contribution in [3.05, 3.63) is 59.8 Å². The lowest BCUT2D eigenvalue weighted by atomic mass is 10.1. The maximum Gasteiger partial charge on any atom is 0.315 e. The van der Waals surface area contributed by atoms with E-state index in [2.05, 4.69) is 50.7 Å². The van der Waals surface area contributed by atoms with Crippen LogP contribution in [-0.4, -0.2) is 55.2 Å². The molecule has 2 heterocycles. The van der Waals surface area contributed by atoms with Gasteiger partial charge < -0.3 is 20.4 Å². The molecule has 1 aliphatic rings. The van der Waals surface area contributed by atoms with Gasteiger partial charge in [0.25, 0.3) is 0 Å². The molecule has 6 nitrogen and oxygen atoms in total. The maximum absolute atomic E-state index is 12.2. The van der Waals surface area contributed by atoms with E-state index in [9.17, 15) is 4.79 Å². The van der Waals surface area contributed by atoms with E-state index in [1.807, 2.05) is 37.4 Å². The number of urea groups is 1. The van der Waals surface area contributed by atoms with E-state index >= 15 is 0 Å². The molecule has 0 spiro atoms. The van der Waals surface area contributed by atoms with Crippen LogP contribution in [0.2, 0.25) is 0 Å². The van der Waals surface area contributed by atoms with Crippen LogP contribution in [0.5, 0.6) is 0 Å². The van der Waals surface area contributed by atoms with Crippen LogP contribution < -0.4 is 15.5 Å². The Morgan fingerprint density at radius 1 is 1.11 bits per heavy atom. The zero-order valence-corrected chi connectivity index (χ0v) is 16.9. The second-order valence-corrected chi connectivity index (χ2v) is 7.56.